The van der Waals surface area contributed by atoms with Crippen molar-refractivity contribution in [3.05, 3.63) is 249 Å². The number of rotatable bonds is 7. The van der Waals surface area contributed by atoms with Gasteiger partial charge in [-0.25, -0.2) is 0 Å². The maximum absolute atomic E-state index is 2.54. The van der Waals surface area contributed by atoms with E-state index in [0.29, 0.717) is 0 Å². The van der Waals surface area contributed by atoms with Gasteiger partial charge in [-0.05, 0) is 121 Å². The Morgan fingerprint density at radius 2 is 0.619 bits per heavy atom. The van der Waals surface area contributed by atoms with E-state index in [-0.39, 0.29) is 6.71 Å². The zero-order valence-corrected chi connectivity index (χ0v) is 34.6. The fourth-order valence-corrected chi connectivity index (χ4v) is 9.93. The molecular formula is C60H41BN2. The number of hydrogen-bond acceptors (Lipinski definition) is 2. The lowest BCUT2D eigenvalue weighted by Crippen LogP contribution is -2.61. The molecule has 0 aromatic heterocycles. The van der Waals surface area contributed by atoms with Crippen LogP contribution in [0.15, 0.2) is 249 Å². The molecule has 0 bridgehead atoms. The first-order chi connectivity index (χ1) is 31.3. The number of benzene rings is 10. The summed E-state index contributed by atoms with van der Waals surface area (Å²) in [6.07, 6.45) is 0. The van der Waals surface area contributed by atoms with Crippen molar-refractivity contribution in [2.24, 2.45) is 0 Å². The molecule has 0 amide bonds. The molecule has 2 aliphatic heterocycles. The Bertz CT molecular complexity index is 3250. The summed E-state index contributed by atoms with van der Waals surface area (Å²) in [4.78, 5) is 5.05. The SMILES string of the molecule is c1ccc(-c2ccc(N3c4cc(-c5ccccc5)c(-c5ccccc5)cc4B4c5cc(-c6ccccc6)ccc5N(c5ccccc5)c5cc(-c6ccccc6)cc3c54)cc2)cc1. The van der Waals surface area contributed by atoms with Crippen LogP contribution < -0.4 is 26.2 Å². The molecular weight excluding hydrogens is 759 g/mol. The molecule has 12 rings (SSSR count). The van der Waals surface area contributed by atoms with Gasteiger partial charge in [0.1, 0.15) is 0 Å². The summed E-state index contributed by atoms with van der Waals surface area (Å²) in [7, 11) is 0. The molecule has 0 atom stereocenters. The van der Waals surface area contributed by atoms with E-state index in [9.17, 15) is 0 Å². The molecule has 0 radical (unpaired) electrons. The van der Waals surface area contributed by atoms with E-state index in [2.05, 4.69) is 259 Å². The quantitative estimate of drug-likeness (QED) is 0.148. The lowest BCUT2D eigenvalue weighted by molar-refractivity contribution is 1.25. The van der Waals surface area contributed by atoms with Gasteiger partial charge in [0.15, 0.2) is 0 Å². The van der Waals surface area contributed by atoms with Gasteiger partial charge >= 0.3 is 0 Å². The van der Waals surface area contributed by atoms with Gasteiger partial charge in [-0.15, -0.1) is 0 Å². The van der Waals surface area contributed by atoms with Gasteiger partial charge in [-0.3, -0.25) is 0 Å². The topological polar surface area (TPSA) is 6.48 Å². The van der Waals surface area contributed by atoms with Crippen LogP contribution in [0.4, 0.5) is 34.1 Å². The van der Waals surface area contributed by atoms with E-state index in [0.717, 1.165) is 11.4 Å². The zero-order valence-electron chi connectivity index (χ0n) is 34.6. The molecule has 0 spiro atoms. The predicted octanol–water partition coefficient (Wildman–Crippen LogP) is 14.1. The van der Waals surface area contributed by atoms with Gasteiger partial charge in [0.05, 0.1) is 0 Å². The number of hydrogen-bond donors (Lipinski definition) is 0. The second kappa shape index (κ2) is 15.4. The highest BCUT2D eigenvalue weighted by Crippen LogP contribution is 2.48. The summed E-state index contributed by atoms with van der Waals surface area (Å²) in [6.45, 7) is -0.0689. The Kier molecular flexibility index (Phi) is 8.97. The molecule has 0 fully saturated rings. The number of anilines is 6. The minimum Gasteiger partial charge on any atom is -0.311 e. The molecule has 294 valence electrons. The molecule has 0 N–H and O–H groups in total. The van der Waals surface area contributed by atoms with Crippen LogP contribution >= 0.6 is 0 Å². The summed E-state index contributed by atoms with van der Waals surface area (Å²) >= 11 is 0. The number of nitrogens with zero attached hydrogens (tertiary/aromatic N) is 2. The molecule has 0 unspecified atom stereocenters. The van der Waals surface area contributed by atoms with E-state index in [1.54, 1.807) is 0 Å². The molecule has 0 aliphatic carbocycles. The molecule has 2 heterocycles. The van der Waals surface area contributed by atoms with Crippen molar-refractivity contribution in [3.8, 4) is 55.6 Å². The molecule has 63 heavy (non-hydrogen) atoms. The molecule has 3 heteroatoms. The Morgan fingerprint density at radius 1 is 0.238 bits per heavy atom. The Morgan fingerprint density at radius 3 is 1.16 bits per heavy atom. The van der Waals surface area contributed by atoms with E-state index in [1.807, 2.05) is 0 Å². The monoisotopic (exact) mass is 800 g/mol. The summed E-state index contributed by atoms with van der Waals surface area (Å²) in [5.41, 5.74) is 22.8. The van der Waals surface area contributed by atoms with E-state index >= 15 is 0 Å². The minimum absolute atomic E-state index is 0.0689. The third-order valence-corrected chi connectivity index (χ3v) is 12.8. The second-order valence-electron chi connectivity index (χ2n) is 16.5. The highest BCUT2D eigenvalue weighted by molar-refractivity contribution is 7.00. The van der Waals surface area contributed by atoms with Crippen molar-refractivity contribution < 1.29 is 0 Å². The Hall–Kier alpha value is -8.14. The van der Waals surface area contributed by atoms with Crippen molar-refractivity contribution in [2.75, 3.05) is 9.80 Å². The largest absolute Gasteiger partial charge is 0.311 e. The first-order valence-electron chi connectivity index (χ1n) is 21.8. The third-order valence-electron chi connectivity index (χ3n) is 12.8. The smallest absolute Gasteiger partial charge is 0.252 e. The average Bonchev–Trinajstić information content (AvgIpc) is 3.37. The van der Waals surface area contributed by atoms with Crippen molar-refractivity contribution in [1.29, 1.82) is 0 Å². The zero-order chi connectivity index (χ0) is 41.7. The first-order valence-corrected chi connectivity index (χ1v) is 21.8. The lowest BCUT2D eigenvalue weighted by Gasteiger charge is -2.45. The van der Waals surface area contributed by atoms with E-state index in [1.165, 1.54) is 94.8 Å². The molecule has 10 aromatic rings. The van der Waals surface area contributed by atoms with Crippen LogP contribution in [0.1, 0.15) is 0 Å². The first kappa shape index (κ1) is 36.7. The number of para-hydroxylation sites is 1. The van der Waals surface area contributed by atoms with Crippen molar-refractivity contribution in [2.45, 2.75) is 0 Å². The van der Waals surface area contributed by atoms with Crippen LogP contribution in [0.25, 0.3) is 55.6 Å². The maximum atomic E-state index is 2.54. The van der Waals surface area contributed by atoms with Crippen LogP contribution in [0.3, 0.4) is 0 Å². The van der Waals surface area contributed by atoms with Gasteiger partial charge in [0, 0.05) is 34.1 Å². The molecule has 2 aliphatic rings. The Balaban J connectivity index is 1.21. The van der Waals surface area contributed by atoms with Gasteiger partial charge in [0.2, 0.25) is 0 Å². The molecule has 0 saturated heterocycles. The van der Waals surface area contributed by atoms with Crippen LogP contribution in [-0.4, -0.2) is 6.71 Å². The molecule has 0 saturated carbocycles. The summed E-state index contributed by atoms with van der Waals surface area (Å²) < 4.78 is 0. The normalized spacial score (nSPS) is 12.3. The standard InChI is InChI=1S/C60H41BN2/c1-7-19-42(20-8-1)45-31-34-51(35-32-45)63-57-41-53(47-27-15-5-16-28-47)52(46-25-13-4-14-26-46)40-55(57)61-54-37-48(43-21-9-2-10-22-43)33-36-56(54)62(50-29-17-6-18-30-50)58-38-49(39-59(63)60(58)61)44-23-11-3-12-24-44/h1-41H. The van der Waals surface area contributed by atoms with E-state index in [4.69, 9.17) is 0 Å². The number of fused-ring (bicyclic) bond motifs is 4. The third kappa shape index (κ3) is 6.37. The molecule has 2 nitrogen and oxygen atoms in total. The highest BCUT2D eigenvalue weighted by Gasteiger charge is 2.44. The van der Waals surface area contributed by atoms with Gasteiger partial charge in [-0.2, -0.15) is 0 Å². The lowest BCUT2D eigenvalue weighted by atomic mass is 9.33. The average molecular weight is 801 g/mol. The molecule has 10 aromatic carbocycles. The van der Waals surface area contributed by atoms with Gasteiger partial charge in [-0.1, -0.05) is 200 Å². The van der Waals surface area contributed by atoms with E-state index < -0.39 is 0 Å². The van der Waals surface area contributed by atoms with Crippen LogP contribution in [-0.2, 0) is 0 Å². The highest BCUT2D eigenvalue weighted by atomic mass is 15.2. The van der Waals surface area contributed by atoms with Crippen LogP contribution in [0, 0.1) is 0 Å². The maximum Gasteiger partial charge on any atom is 0.252 e. The van der Waals surface area contributed by atoms with Crippen LogP contribution in [0.2, 0.25) is 0 Å². The minimum atomic E-state index is -0.0689. The van der Waals surface area contributed by atoms with Crippen molar-refractivity contribution in [3.63, 3.8) is 0 Å². The van der Waals surface area contributed by atoms with Crippen LogP contribution in [0.5, 0.6) is 0 Å². The summed E-state index contributed by atoms with van der Waals surface area (Å²) in [5.74, 6) is 0. The van der Waals surface area contributed by atoms with Crippen molar-refractivity contribution >= 4 is 57.2 Å². The second-order valence-corrected chi connectivity index (χ2v) is 16.5. The fourth-order valence-electron chi connectivity index (χ4n) is 9.93. The predicted molar refractivity (Wildman–Crippen MR) is 268 cm³/mol. The van der Waals surface area contributed by atoms with Gasteiger partial charge < -0.3 is 9.80 Å². The summed E-state index contributed by atoms with van der Waals surface area (Å²) in [5, 5.41) is 0. The fraction of sp³-hybridized carbons (Fsp3) is 0. The van der Waals surface area contributed by atoms with Gasteiger partial charge in [0.25, 0.3) is 6.71 Å². The summed E-state index contributed by atoms with van der Waals surface area (Å²) in [6, 6.07) is 91.2. The van der Waals surface area contributed by atoms with Crippen molar-refractivity contribution in [1.82, 2.24) is 0 Å². The Labute approximate surface area is 369 Å².